The molecule has 1 aromatic heterocycles. The Kier molecular flexibility index (Phi) is 3.85. The van der Waals surface area contributed by atoms with E-state index in [1.807, 2.05) is 18.2 Å². The summed E-state index contributed by atoms with van der Waals surface area (Å²) in [5.41, 5.74) is 3.31. The van der Waals surface area contributed by atoms with Gasteiger partial charge in [0.1, 0.15) is 0 Å². The molecule has 2 aromatic carbocycles. The van der Waals surface area contributed by atoms with Crippen molar-refractivity contribution in [3.63, 3.8) is 0 Å². The Morgan fingerprint density at radius 1 is 1.20 bits per heavy atom. The molecule has 0 fully saturated rings. The molecule has 2 N–H and O–H groups in total. The third kappa shape index (κ3) is 2.63. The third-order valence-corrected chi connectivity index (χ3v) is 4.51. The zero-order valence-electron chi connectivity index (χ0n) is 10.1. The number of nitrogens with one attached hydrogen (secondary N) is 1. The van der Waals surface area contributed by atoms with Gasteiger partial charge in [-0.2, -0.15) is 0 Å². The Bertz CT molecular complexity index is 775. The van der Waals surface area contributed by atoms with Crippen molar-refractivity contribution >= 4 is 54.9 Å². The first-order valence-electron chi connectivity index (χ1n) is 5.77. The fourth-order valence-electron chi connectivity index (χ4n) is 1.89. The van der Waals surface area contributed by atoms with E-state index in [0.717, 1.165) is 16.7 Å². The molecule has 0 saturated carbocycles. The molecule has 1 heterocycles. The second-order valence-electron chi connectivity index (χ2n) is 4.19. The van der Waals surface area contributed by atoms with Gasteiger partial charge < -0.3 is 0 Å². The number of anilines is 1. The molecule has 0 aliphatic rings. The average molecular weight is 373 g/mol. The van der Waals surface area contributed by atoms with E-state index in [4.69, 9.17) is 23.2 Å². The third-order valence-electron chi connectivity index (χ3n) is 2.86. The second kappa shape index (κ2) is 5.62. The summed E-state index contributed by atoms with van der Waals surface area (Å²) >= 11 is 11.8. The molecule has 0 aliphatic carbocycles. The van der Waals surface area contributed by atoms with Crippen molar-refractivity contribution in [3.8, 4) is 5.75 Å². The molecule has 0 bridgehead atoms. The molecule has 0 amide bonds. The molecule has 3 rings (SSSR count). The van der Waals surface area contributed by atoms with Gasteiger partial charge in [-0.05, 0) is 0 Å². The first kappa shape index (κ1) is 13.7. The van der Waals surface area contributed by atoms with Crippen molar-refractivity contribution < 1.29 is 5.11 Å². The summed E-state index contributed by atoms with van der Waals surface area (Å²) in [6, 6.07) is 8.99. The zero-order valence-corrected chi connectivity index (χ0v) is 13.3. The summed E-state index contributed by atoms with van der Waals surface area (Å²) in [5, 5.41) is 13.9. The monoisotopic (exact) mass is 373 g/mol. The van der Waals surface area contributed by atoms with Gasteiger partial charge in [-0.15, -0.1) is 0 Å². The summed E-state index contributed by atoms with van der Waals surface area (Å²) in [4.78, 5) is 0. The summed E-state index contributed by atoms with van der Waals surface area (Å²) in [7, 11) is 0. The molecular weight excluding hydrogens is 364 g/mol. The number of rotatable bonds is 3. The zero-order chi connectivity index (χ0) is 14.1. The van der Waals surface area contributed by atoms with Gasteiger partial charge in [0.15, 0.2) is 0 Å². The van der Waals surface area contributed by atoms with Crippen molar-refractivity contribution in [2.45, 2.75) is 6.54 Å². The maximum atomic E-state index is 9.92. The number of phenols is 1. The normalized spacial score (nSPS) is 10.9. The minimum absolute atomic E-state index is 0.0435. The number of fused-ring (bicyclic) bond motifs is 1. The van der Waals surface area contributed by atoms with Crippen LogP contribution in [0.5, 0.6) is 5.75 Å². The summed E-state index contributed by atoms with van der Waals surface area (Å²) in [6.07, 6.45) is 0. The molecule has 0 spiro atoms. The number of nitrogens with zero attached hydrogens (tertiary/aromatic N) is 2. The van der Waals surface area contributed by atoms with Crippen molar-refractivity contribution in [1.82, 2.24) is 7.96 Å². The van der Waals surface area contributed by atoms with E-state index in [2.05, 4.69) is 13.3 Å². The van der Waals surface area contributed by atoms with Gasteiger partial charge in [-0.1, -0.05) is 0 Å². The molecule has 7 heteroatoms. The molecule has 0 atom stereocenters. The van der Waals surface area contributed by atoms with Gasteiger partial charge in [-0.25, -0.2) is 0 Å². The van der Waals surface area contributed by atoms with E-state index < -0.39 is 0 Å². The van der Waals surface area contributed by atoms with Crippen LogP contribution in [-0.2, 0) is 6.54 Å². The van der Waals surface area contributed by atoms with E-state index in [9.17, 15) is 5.11 Å². The van der Waals surface area contributed by atoms with E-state index >= 15 is 0 Å². The Balaban J connectivity index is 1.88. The fourth-order valence-corrected chi connectivity index (χ4v) is 3.58. The van der Waals surface area contributed by atoms with Crippen LogP contribution in [-0.4, -0.2) is 28.0 Å². The molecule has 102 valence electrons. The van der Waals surface area contributed by atoms with Gasteiger partial charge in [0.25, 0.3) is 0 Å². The van der Waals surface area contributed by atoms with Crippen LogP contribution in [0.3, 0.4) is 0 Å². The van der Waals surface area contributed by atoms with Crippen molar-refractivity contribution in [2.75, 3.05) is 5.32 Å². The number of aromatic hydroxyl groups is 1. The number of hydrogen-bond donors (Lipinski definition) is 2. The van der Waals surface area contributed by atoms with Crippen LogP contribution in [0.15, 0.2) is 30.3 Å². The second-order valence-corrected chi connectivity index (χ2v) is 6.14. The molecule has 20 heavy (non-hydrogen) atoms. The SMILES string of the molecule is Oc1c(Cl)cc(Cl)cc1CNc1cccc2n[se]nc12. The number of hydrogen-bond acceptors (Lipinski definition) is 4. The van der Waals surface area contributed by atoms with Crippen LogP contribution in [0.25, 0.3) is 11.0 Å². The molecule has 0 saturated heterocycles. The Labute approximate surface area is 131 Å². The predicted molar refractivity (Wildman–Crippen MR) is 81.9 cm³/mol. The average Bonchev–Trinajstić information content (AvgIpc) is 2.90. The number of halogens is 2. The molecule has 0 aliphatic heterocycles. The van der Waals surface area contributed by atoms with Crippen molar-refractivity contribution in [3.05, 3.63) is 45.9 Å². The Morgan fingerprint density at radius 2 is 2.05 bits per heavy atom. The Morgan fingerprint density at radius 3 is 2.90 bits per heavy atom. The molecule has 4 nitrogen and oxygen atoms in total. The van der Waals surface area contributed by atoms with Crippen LogP contribution >= 0.6 is 23.2 Å². The summed E-state index contributed by atoms with van der Waals surface area (Å²) < 4.78 is 8.71. The van der Waals surface area contributed by atoms with Gasteiger partial charge >= 0.3 is 132 Å². The molecule has 0 unspecified atom stereocenters. The standard InChI is InChI=1S/C13H9Cl2N3OSe/c14-8-4-7(13(19)9(15)5-8)6-16-10-2-1-3-11-12(10)18-20-17-11/h1-5,16,19H,6H2. The van der Waals surface area contributed by atoms with Gasteiger partial charge in [0, 0.05) is 0 Å². The first-order chi connectivity index (χ1) is 9.65. The molecular formula is C13H9Cl2N3OSe. The predicted octanol–water partition coefficient (Wildman–Crippen LogP) is 3.31. The van der Waals surface area contributed by atoms with E-state index in [-0.39, 0.29) is 25.7 Å². The number of benzene rings is 2. The quantitative estimate of drug-likeness (QED) is 0.692. The number of aromatic nitrogens is 2. The van der Waals surface area contributed by atoms with Crippen LogP contribution in [0.1, 0.15) is 5.56 Å². The molecule has 0 radical (unpaired) electrons. The summed E-state index contributed by atoms with van der Waals surface area (Å²) in [6.45, 7) is 0.408. The first-order valence-corrected chi connectivity index (χ1v) is 8.06. The van der Waals surface area contributed by atoms with Crippen LogP contribution in [0.2, 0.25) is 10.0 Å². The van der Waals surface area contributed by atoms with E-state index in [1.165, 1.54) is 6.07 Å². The van der Waals surface area contributed by atoms with Crippen LogP contribution in [0.4, 0.5) is 5.69 Å². The van der Waals surface area contributed by atoms with Crippen LogP contribution < -0.4 is 5.32 Å². The van der Waals surface area contributed by atoms with Crippen molar-refractivity contribution in [2.24, 2.45) is 0 Å². The Hall–Kier alpha value is -1.26. The fraction of sp³-hybridized carbons (Fsp3) is 0.0769. The van der Waals surface area contributed by atoms with E-state index in [1.54, 1.807) is 6.07 Å². The van der Waals surface area contributed by atoms with Gasteiger partial charge in [0.05, 0.1) is 0 Å². The van der Waals surface area contributed by atoms with Gasteiger partial charge in [0.2, 0.25) is 0 Å². The van der Waals surface area contributed by atoms with Gasteiger partial charge in [-0.3, -0.25) is 0 Å². The minimum atomic E-state index is -0.0678. The summed E-state index contributed by atoms with van der Waals surface area (Å²) in [5.74, 6) is 0.0435. The topological polar surface area (TPSA) is 58.0 Å². The van der Waals surface area contributed by atoms with E-state index in [0.29, 0.717) is 17.1 Å². The molecule has 3 aromatic rings. The van der Waals surface area contributed by atoms with Crippen molar-refractivity contribution in [1.29, 1.82) is 0 Å². The maximum absolute atomic E-state index is 9.92. The van der Waals surface area contributed by atoms with Crippen LogP contribution in [0, 0.1) is 0 Å². The number of phenolic OH excluding ortho intramolecular Hbond substituents is 1.